The molecule has 7 nitrogen and oxygen atoms in total. The first-order valence-electron chi connectivity index (χ1n) is 14.6. The minimum Gasteiger partial charge on any atom is -0.453 e. The highest BCUT2D eigenvalue weighted by molar-refractivity contribution is 6.03. The summed E-state index contributed by atoms with van der Waals surface area (Å²) in [5.74, 6) is 3.20. The molecule has 44 heavy (non-hydrogen) atoms. The van der Waals surface area contributed by atoms with Crippen molar-refractivity contribution in [2.75, 3.05) is 9.80 Å². The van der Waals surface area contributed by atoms with Gasteiger partial charge in [-0.3, -0.25) is 4.40 Å². The Morgan fingerprint density at radius 2 is 0.864 bits per heavy atom. The van der Waals surface area contributed by atoms with Crippen molar-refractivity contribution < 1.29 is 9.47 Å². The van der Waals surface area contributed by atoms with Crippen LogP contribution in [0.5, 0.6) is 23.0 Å². The summed E-state index contributed by atoms with van der Waals surface area (Å²) in [6.45, 7) is 0. The lowest BCUT2D eigenvalue weighted by atomic mass is 10.1. The second-order valence-corrected chi connectivity index (χ2v) is 11.0. The molecule has 0 bridgehead atoms. The minimum atomic E-state index is 0.800. The van der Waals surface area contributed by atoms with Gasteiger partial charge in [-0.2, -0.15) is 0 Å². The standard InChI is InChI=1S/C37H23N5O2/c1-5-15-33-24(10-1)41(25-11-2-6-16-34(25)43-33)31-22-29-30(40-21-19-38-37(40)28-14-9-20-39(28)29)23-32(31)42-26-12-3-7-17-35(26)44-36-18-8-4-13-27(36)42/h1-23H. The normalized spacial score (nSPS) is 13.3. The Labute approximate surface area is 252 Å². The second-order valence-electron chi connectivity index (χ2n) is 11.0. The van der Waals surface area contributed by atoms with Crippen LogP contribution >= 0.6 is 0 Å². The third-order valence-corrected chi connectivity index (χ3v) is 8.56. The molecule has 0 radical (unpaired) electrons. The van der Waals surface area contributed by atoms with Crippen molar-refractivity contribution in [2.24, 2.45) is 0 Å². The summed E-state index contributed by atoms with van der Waals surface area (Å²) in [5, 5.41) is 0. The highest BCUT2D eigenvalue weighted by atomic mass is 16.5. The van der Waals surface area contributed by atoms with E-state index in [4.69, 9.17) is 14.5 Å². The summed E-state index contributed by atoms with van der Waals surface area (Å²) in [4.78, 5) is 9.36. The molecule has 8 aromatic rings. The van der Waals surface area contributed by atoms with Gasteiger partial charge in [0, 0.05) is 18.6 Å². The molecule has 5 aromatic carbocycles. The highest BCUT2D eigenvalue weighted by Crippen LogP contribution is 2.57. The van der Waals surface area contributed by atoms with Crippen LogP contribution in [0.2, 0.25) is 0 Å². The van der Waals surface area contributed by atoms with E-state index in [-0.39, 0.29) is 0 Å². The van der Waals surface area contributed by atoms with Crippen molar-refractivity contribution in [2.45, 2.75) is 0 Å². The molecular formula is C37H23N5O2. The predicted octanol–water partition coefficient (Wildman–Crippen LogP) is 9.89. The van der Waals surface area contributed by atoms with Gasteiger partial charge in [0.25, 0.3) is 0 Å². The minimum absolute atomic E-state index is 0.800. The zero-order chi connectivity index (χ0) is 28.8. The number of hydrogen-bond donors (Lipinski definition) is 0. The number of imidazole rings is 1. The Balaban J connectivity index is 1.38. The molecule has 0 amide bonds. The molecule has 0 saturated carbocycles. The van der Waals surface area contributed by atoms with Gasteiger partial charge in [0.1, 0.15) is 0 Å². The summed E-state index contributed by atoms with van der Waals surface area (Å²) >= 11 is 0. The number of para-hydroxylation sites is 8. The van der Waals surface area contributed by atoms with E-state index in [0.717, 1.165) is 79.3 Å². The first-order valence-corrected chi connectivity index (χ1v) is 14.6. The van der Waals surface area contributed by atoms with E-state index in [1.807, 2.05) is 60.9 Å². The second kappa shape index (κ2) is 8.65. The van der Waals surface area contributed by atoms with Gasteiger partial charge in [0.2, 0.25) is 0 Å². The Morgan fingerprint density at radius 3 is 1.36 bits per heavy atom. The molecule has 5 heterocycles. The molecule has 0 unspecified atom stereocenters. The largest absolute Gasteiger partial charge is 0.453 e. The fraction of sp³-hybridized carbons (Fsp3) is 0. The van der Waals surface area contributed by atoms with Crippen molar-refractivity contribution in [1.82, 2.24) is 13.8 Å². The SMILES string of the molecule is c1ccc2c(c1)Oc1ccccc1N2c1cc2c(cc1N1c3ccccc3Oc3ccccc31)n1ccnc1c1cccn21. The van der Waals surface area contributed by atoms with E-state index in [1.165, 1.54) is 0 Å². The maximum absolute atomic E-state index is 6.43. The van der Waals surface area contributed by atoms with Crippen molar-refractivity contribution in [3.05, 3.63) is 140 Å². The van der Waals surface area contributed by atoms with Crippen LogP contribution in [0.1, 0.15) is 0 Å². The first-order chi connectivity index (χ1) is 21.8. The lowest BCUT2D eigenvalue weighted by Crippen LogP contribution is -2.21. The molecule has 2 aliphatic rings. The van der Waals surface area contributed by atoms with Gasteiger partial charge in [-0.25, -0.2) is 4.98 Å². The third kappa shape index (κ3) is 3.12. The number of hydrogen-bond acceptors (Lipinski definition) is 5. The Morgan fingerprint density at radius 1 is 0.409 bits per heavy atom. The van der Waals surface area contributed by atoms with Gasteiger partial charge in [-0.15, -0.1) is 0 Å². The summed E-state index contributed by atoms with van der Waals surface area (Å²) in [5.41, 5.74) is 9.91. The summed E-state index contributed by atoms with van der Waals surface area (Å²) in [7, 11) is 0. The molecule has 0 aliphatic carbocycles. The van der Waals surface area contributed by atoms with E-state index in [2.05, 4.69) is 97.6 Å². The van der Waals surface area contributed by atoms with Crippen LogP contribution in [0, 0.1) is 0 Å². The molecule has 0 saturated heterocycles. The fourth-order valence-corrected chi connectivity index (χ4v) is 6.69. The first kappa shape index (κ1) is 23.4. The zero-order valence-corrected chi connectivity index (χ0v) is 23.3. The quantitative estimate of drug-likeness (QED) is 0.207. The molecule has 3 aromatic heterocycles. The molecular weight excluding hydrogens is 546 g/mol. The molecule has 0 atom stereocenters. The number of nitrogens with zero attached hydrogens (tertiary/aromatic N) is 5. The van der Waals surface area contributed by atoms with Crippen LogP contribution < -0.4 is 19.3 Å². The number of fused-ring (bicyclic) bond motifs is 10. The van der Waals surface area contributed by atoms with E-state index in [9.17, 15) is 0 Å². The van der Waals surface area contributed by atoms with Crippen LogP contribution in [-0.4, -0.2) is 13.8 Å². The maximum Gasteiger partial charge on any atom is 0.161 e. The van der Waals surface area contributed by atoms with Crippen molar-refractivity contribution in [3.8, 4) is 23.0 Å². The van der Waals surface area contributed by atoms with Gasteiger partial charge in [-0.1, -0.05) is 48.5 Å². The lowest BCUT2D eigenvalue weighted by Gasteiger charge is -2.38. The Kier molecular flexibility index (Phi) is 4.60. The van der Waals surface area contributed by atoms with Crippen molar-refractivity contribution in [1.29, 1.82) is 0 Å². The average Bonchev–Trinajstić information content (AvgIpc) is 3.76. The number of benzene rings is 5. The topological polar surface area (TPSA) is 46.7 Å². The van der Waals surface area contributed by atoms with E-state index >= 15 is 0 Å². The summed E-state index contributed by atoms with van der Waals surface area (Å²) in [6, 6.07) is 41.6. The van der Waals surface area contributed by atoms with Crippen LogP contribution in [0.25, 0.3) is 22.2 Å². The predicted molar refractivity (Wildman–Crippen MR) is 173 cm³/mol. The number of aromatic nitrogens is 3. The number of rotatable bonds is 2. The van der Waals surface area contributed by atoms with Gasteiger partial charge < -0.3 is 23.7 Å². The van der Waals surface area contributed by atoms with E-state index < -0.39 is 0 Å². The summed E-state index contributed by atoms with van der Waals surface area (Å²) in [6.07, 6.45) is 6.01. The average molecular weight is 570 g/mol. The third-order valence-electron chi connectivity index (χ3n) is 8.56. The fourth-order valence-electron chi connectivity index (χ4n) is 6.69. The van der Waals surface area contributed by atoms with Crippen LogP contribution in [-0.2, 0) is 0 Å². The van der Waals surface area contributed by atoms with E-state index in [1.54, 1.807) is 0 Å². The maximum atomic E-state index is 6.43. The van der Waals surface area contributed by atoms with Crippen molar-refractivity contribution >= 4 is 56.3 Å². The molecule has 7 heteroatoms. The molecule has 0 fully saturated rings. The van der Waals surface area contributed by atoms with Crippen LogP contribution in [0.4, 0.5) is 34.1 Å². The lowest BCUT2D eigenvalue weighted by molar-refractivity contribution is 0.476. The van der Waals surface area contributed by atoms with E-state index in [0.29, 0.717) is 0 Å². The number of ether oxygens (including phenoxy) is 2. The Bertz CT molecular complexity index is 2180. The molecule has 10 rings (SSSR count). The van der Waals surface area contributed by atoms with Gasteiger partial charge in [0.05, 0.1) is 50.7 Å². The summed E-state index contributed by atoms with van der Waals surface area (Å²) < 4.78 is 17.3. The molecule has 208 valence electrons. The van der Waals surface area contributed by atoms with Gasteiger partial charge >= 0.3 is 0 Å². The zero-order valence-electron chi connectivity index (χ0n) is 23.3. The Hall–Kier alpha value is -6.21. The van der Waals surface area contributed by atoms with Gasteiger partial charge in [-0.05, 0) is 72.8 Å². The number of anilines is 6. The smallest absolute Gasteiger partial charge is 0.161 e. The molecule has 2 aliphatic heterocycles. The van der Waals surface area contributed by atoms with Crippen LogP contribution in [0.3, 0.4) is 0 Å². The van der Waals surface area contributed by atoms with Crippen LogP contribution in [0.15, 0.2) is 140 Å². The highest BCUT2D eigenvalue weighted by Gasteiger charge is 2.33. The molecule has 0 spiro atoms. The van der Waals surface area contributed by atoms with Gasteiger partial charge in [0.15, 0.2) is 28.6 Å². The monoisotopic (exact) mass is 569 g/mol. The molecule has 0 N–H and O–H groups in total. The van der Waals surface area contributed by atoms with Crippen molar-refractivity contribution in [3.63, 3.8) is 0 Å².